The average Bonchev–Trinajstić information content (AvgIpc) is 2.91. The number of hydrogen-bond acceptors (Lipinski definition) is 7. The molecule has 0 amide bonds. The van der Waals surface area contributed by atoms with Gasteiger partial charge in [-0.2, -0.15) is 0 Å². The molecule has 0 atom stereocenters. The second-order valence-corrected chi connectivity index (χ2v) is 6.31. The number of ketones is 1. The molecule has 2 heterocycles. The van der Waals surface area contributed by atoms with Crippen LogP contribution in [0.15, 0.2) is 30.6 Å². The molecule has 8 nitrogen and oxygen atoms in total. The van der Waals surface area contributed by atoms with E-state index in [-0.39, 0.29) is 17.3 Å². The second kappa shape index (κ2) is 7.90. The molecule has 1 fully saturated rings. The Bertz CT molecular complexity index is 799. The number of rotatable bonds is 5. The summed E-state index contributed by atoms with van der Waals surface area (Å²) in [6.45, 7) is 3.00. The Balaban J connectivity index is 1.92. The third-order valence-corrected chi connectivity index (χ3v) is 4.45. The highest BCUT2D eigenvalue weighted by atomic mass is 16.6. The van der Waals surface area contributed by atoms with Crippen molar-refractivity contribution in [3.8, 4) is 0 Å². The molecule has 8 heteroatoms. The molecular weight excluding hydrogens is 334 g/mol. The molecule has 3 rings (SSSR count). The quantitative estimate of drug-likeness (QED) is 0.495. The van der Waals surface area contributed by atoms with E-state index in [0.29, 0.717) is 17.1 Å². The number of hydrogen-bond donors (Lipinski definition) is 1. The average molecular weight is 355 g/mol. The van der Waals surface area contributed by atoms with Gasteiger partial charge < -0.3 is 10.2 Å². The summed E-state index contributed by atoms with van der Waals surface area (Å²) < 4.78 is 0. The Morgan fingerprint density at radius 1 is 1.12 bits per heavy atom. The van der Waals surface area contributed by atoms with Crippen LogP contribution < -0.4 is 10.2 Å². The fraction of sp³-hybridized carbons (Fsp3) is 0.389. The lowest BCUT2D eigenvalue weighted by Gasteiger charge is -2.21. The van der Waals surface area contributed by atoms with E-state index in [2.05, 4.69) is 15.3 Å². The third kappa shape index (κ3) is 3.96. The minimum Gasteiger partial charge on any atom is -0.351 e. The summed E-state index contributed by atoms with van der Waals surface area (Å²) in [7, 11) is 0. The summed E-state index contributed by atoms with van der Waals surface area (Å²) >= 11 is 0. The molecule has 136 valence electrons. The zero-order valence-electron chi connectivity index (χ0n) is 14.6. The van der Waals surface area contributed by atoms with E-state index in [9.17, 15) is 14.9 Å². The van der Waals surface area contributed by atoms with Gasteiger partial charge in [0.1, 0.15) is 6.33 Å². The molecule has 0 saturated carbocycles. The number of Topliss-reactive ketones (excluding diaryl/α,β-unsaturated/α-hetero) is 1. The Hall–Kier alpha value is -3.03. The molecular formula is C18H21N5O3. The molecule has 1 saturated heterocycles. The number of aromatic nitrogens is 2. The highest BCUT2D eigenvalue weighted by molar-refractivity contribution is 5.94. The highest BCUT2D eigenvalue weighted by Crippen LogP contribution is 2.34. The minimum atomic E-state index is -0.438. The SMILES string of the molecule is CC(=O)c1ccc(Nc2ncnc(N3CCCCCC3)c2[N+](=O)[O-])cc1. The molecule has 2 aromatic rings. The number of anilines is 3. The first-order valence-electron chi connectivity index (χ1n) is 8.68. The maximum Gasteiger partial charge on any atom is 0.353 e. The molecule has 0 aliphatic carbocycles. The molecule has 26 heavy (non-hydrogen) atoms. The van der Waals surface area contributed by atoms with Crippen LogP contribution >= 0.6 is 0 Å². The first kappa shape index (κ1) is 17.8. The van der Waals surface area contributed by atoms with Crippen LogP contribution in [0.2, 0.25) is 0 Å². The van der Waals surface area contributed by atoms with Crippen LogP contribution in [0.1, 0.15) is 43.0 Å². The van der Waals surface area contributed by atoms with Gasteiger partial charge in [0.05, 0.1) is 4.92 Å². The maximum absolute atomic E-state index is 11.7. The van der Waals surface area contributed by atoms with Crippen molar-refractivity contribution < 1.29 is 9.72 Å². The smallest absolute Gasteiger partial charge is 0.351 e. The largest absolute Gasteiger partial charge is 0.353 e. The van der Waals surface area contributed by atoms with Gasteiger partial charge in [0.2, 0.25) is 11.6 Å². The van der Waals surface area contributed by atoms with Gasteiger partial charge in [0.25, 0.3) is 0 Å². The molecule has 0 bridgehead atoms. The first-order chi connectivity index (χ1) is 12.6. The van der Waals surface area contributed by atoms with Gasteiger partial charge in [-0.15, -0.1) is 0 Å². The molecule has 1 aromatic carbocycles. The Labute approximate surface area is 151 Å². The lowest BCUT2D eigenvalue weighted by Crippen LogP contribution is -2.26. The maximum atomic E-state index is 11.7. The summed E-state index contributed by atoms with van der Waals surface area (Å²) in [6.07, 6.45) is 5.60. The van der Waals surface area contributed by atoms with E-state index in [1.807, 2.05) is 4.90 Å². The van der Waals surface area contributed by atoms with Crippen molar-refractivity contribution in [2.45, 2.75) is 32.6 Å². The molecule has 0 radical (unpaired) electrons. The molecule has 0 unspecified atom stereocenters. The fourth-order valence-electron chi connectivity index (χ4n) is 3.07. The van der Waals surface area contributed by atoms with Crippen LogP contribution in [0, 0.1) is 10.1 Å². The van der Waals surface area contributed by atoms with Crippen molar-refractivity contribution in [3.63, 3.8) is 0 Å². The summed E-state index contributed by atoms with van der Waals surface area (Å²) in [5.74, 6) is 0.475. The van der Waals surface area contributed by atoms with Gasteiger partial charge in [0.15, 0.2) is 5.78 Å². The number of nitrogens with zero attached hydrogens (tertiary/aromatic N) is 4. The van der Waals surface area contributed by atoms with Gasteiger partial charge in [0, 0.05) is 24.3 Å². The van der Waals surface area contributed by atoms with Gasteiger partial charge in [-0.25, -0.2) is 9.97 Å². The van der Waals surface area contributed by atoms with Crippen molar-refractivity contribution in [1.29, 1.82) is 0 Å². The Kier molecular flexibility index (Phi) is 5.40. The molecule has 1 aliphatic heterocycles. The van der Waals surface area contributed by atoms with Gasteiger partial charge in [-0.05, 0) is 44.0 Å². The molecule has 1 N–H and O–H groups in total. The second-order valence-electron chi connectivity index (χ2n) is 6.31. The number of nitro groups is 1. The van der Waals surface area contributed by atoms with E-state index in [0.717, 1.165) is 38.8 Å². The van der Waals surface area contributed by atoms with Gasteiger partial charge in [-0.1, -0.05) is 12.8 Å². The topological polar surface area (TPSA) is 101 Å². The van der Waals surface area contributed by atoms with E-state index in [1.54, 1.807) is 24.3 Å². The summed E-state index contributed by atoms with van der Waals surface area (Å²) in [6, 6.07) is 6.75. The van der Waals surface area contributed by atoms with Crippen molar-refractivity contribution in [3.05, 3.63) is 46.3 Å². The zero-order chi connectivity index (χ0) is 18.5. The highest BCUT2D eigenvalue weighted by Gasteiger charge is 2.27. The predicted molar refractivity (Wildman–Crippen MR) is 99.1 cm³/mol. The number of carbonyl (C=O) groups is 1. The summed E-state index contributed by atoms with van der Waals surface area (Å²) in [4.78, 5) is 32.9. The lowest BCUT2D eigenvalue weighted by atomic mass is 10.1. The van der Waals surface area contributed by atoms with Crippen molar-refractivity contribution in [1.82, 2.24) is 9.97 Å². The number of nitrogens with one attached hydrogen (secondary N) is 1. The van der Waals surface area contributed by atoms with Gasteiger partial charge >= 0.3 is 5.69 Å². The molecule has 1 aromatic heterocycles. The summed E-state index contributed by atoms with van der Waals surface area (Å²) in [5.41, 5.74) is 1.08. The van der Waals surface area contributed by atoms with Gasteiger partial charge in [-0.3, -0.25) is 14.9 Å². The van der Waals surface area contributed by atoms with Crippen LogP contribution in [-0.2, 0) is 0 Å². The first-order valence-corrected chi connectivity index (χ1v) is 8.68. The van der Waals surface area contributed by atoms with E-state index in [4.69, 9.17) is 0 Å². The molecule has 0 spiro atoms. The summed E-state index contributed by atoms with van der Waals surface area (Å²) in [5, 5.41) is 14.7. The van der Waals surface area contributed by atoms with Crippen LogP contribution in [0.4, 0.5) is 23.0 Å². The van der Waals surface area contributed by atoms with E-state index in [1.165, 1.54) is 13.3 Å². The Morgan fingerprint density at radius 2 is 1.77 bits per heavy atom. The van der Waals surface area contributed by atoms with Crippen LogP contribution in [0.25, 0.3) is 0 Å². The van der Waals surface area contributed by atoms with Crippen molar-refractivity contribution in [2.75, 3.05) is 23.3 Å². The van der Waals surface area contributed by atoms with Crippen LogP contribution in [0.5, 0.6) is 0 Å². The zero-order valence-corrected chi connectivity index (χ0v) is 14.6. The molecule has 1 aliphatic rings. The monoisotopic (exact) mass is 355 g/mol. The lowest BCUT2D eigenvalue weighted by molar-refractivity contribution is -0.383. The van der Waals surface area contributed by atoms with E-state index < -0.39 is 4.92 Å². The number of carbonyl (C=O) groups excluding carboxylic acids is 1. The van der Waals surface area contributed by atoms with Crippen LogP contribution in [0.3, 0.4) is 0 Å². The van der Waals surface area contributed by atoms with Crippen molar-refractivity contribution in [2.24, 2.45) is 0 Å². The third-order valence-electron chi connectivity index (χ3n) is 4.45. The number of benzene rings is 1. The van der Waals surface area contributed by atoms with Crippen LogP contribution in [-0.4, -0.2) is 33.8 Å². The normalized spacial score (nSPS) is 14.6. The Morgan fingerprint density at radius 3 is 2.35 bits per heavy atom. The van der Waals surface area contributed by atoms with Crippen molar-refractivity contribution >= 4 is 28.8 Å². The standard InChI is InChI=1S/C18H21N5O3/c1-13(24)14-6-8-15(9-7-14)21-17-16(23(25)26)18(20-12-19-17)22-10-4-2-3-5-11-22/h6-9,12H,2-5,10-11H2,1H3,(H,19,20,21). The predicted octanol–water partition coefficient (Wildman–Crippen LogP) is 3.71. The fourth-order valence-corrected chi connectivity index (χ4v) is 3.07. The minimum absolute atomic E-state index is 0.0342. The van der Waals surface area contributed by atoms with E-state index >= 15 is 0 Å².